The molecule has 1 aliphatic heterocycles. The molecule has 0 saturated carbocycles. The summed E-state index contributed by atoms with van der Waals surface area (Å²) in [4.78, 5) is 18.4. The molecule has 0 aliphatic carbocycles. The van der Waals surface area contributed by atoms with Crippen LogP contribution in [0, 0.1) is 0 Å². The Morgan fingerprint density at radius 1 is 1.29 bits per heavy atom. The van der Waals surface area contributed by atoms with E-state index in [9.17, 15) is 4.79 Å². The van der Waals surface area contributed by atoms with Crippen molar-refractivity contribution < 1.29 is 4.79 Å². The van der Waals surface area contributed by atoms with Crippen molar-refractivity contribution in [1.29, 1.82) is 0 Å². The first-order valence-electron chi connectivity index (χ1n) is 5.57. The maximum Gasteiger partial charge on any atom is 0.273 e. The minimum atomic E-state index is 0.0480. The van der Waals surface area contributed by atoms with Crippen LogP contribution in [-0.4, -0.2) is 34.0 Å². The summed E-state index contributed by atoms with van der Waals surface area (Å²) in [5.41, 5.74) is 0.575. The van der Waals surface area contributed by atoms with Crippen LogP contribution in [0.25, 0.3) is 10.8 Å². The molecular formula is C13H12N2OS. The van der Waals surface area contributed by atoms with Gasteiger partial charge in [0.2, 0.25) is 0 Å². The van der Waals surface area contributed by atoms with Crippen molar-refractivity contribution in [2.45, 2.75) is 0 Å². The largest absolute Gasteiger partial charge is 0.327 e. The van der Waals surface area contributed by atoms with Gasteiger partial charge in [-0.25, -0.2) is 0 Å². The number of fused-ring (bicyclic) bond motifs is 1. The summed E-state index contributed by atoms with van der Waals surface area (Å²) in [6.45, 7) is 0.828. The van der Waals surface area contributed by atoms with E-state index in [-0.39, 0.29) is 5.91 Å². The molecule has 2 aromatic rings. The van der Waals surface area contributed by atoms with Crippen LogP contribution in [0.2, 0.25) is 0 Å². The molecule has 3 nitrogen and oxygen atoms in total. The zero-order chi connectivity index (χ0) is 11.7. The highest BCUT2D eigenvalue weighted by molar-refractivity contribution is 7.99. The topological polar surface area (TPSA) is 33.2 Å². The highest BCUT2D eigenvalue weighted by atomic mass is 32.2. The summed E-state index contributed by atoms with van der Waals surface area (Å²) in [5, 5.41) is 2.01. The van der Waals surface area contributed by atoms with E-state index >= 15 is 0 Å². The summed E-state index contributed by atoms with van der Waals surface area (Å²) < 4.78 is 0. The minimum Gasteiger partial charge on any atom is -0.327 e. The van der Waals surface area contributed by atoms with Crippen LogP contribution in [0.1, 0.15) is 10.5 Å². The Kier molecular flexibility index (Phi) is 2.73. The number of hydrogen-bond acceptors (Lipinski definition) is 3. The molecule has 0 radical (unpaired) electrons. The predicted molar refractivity (Wildman–Crippen MR) is 70.1 cm³/mol. The molecular weight excluding hydrogens is 232 g/mol. The van der Waals surface area contributed by atoms with E-state index in [0.29, 0.717) is 5.69 Å². The van der Waals surface area contributed by atoms with Gasteiger partial charge in [0.25, 0.3) is 5.91 Å². The minimum absolute atomic E-state index is 0.0480. The van der Waals surface area contributed by atoms with E-state index in [1.807, 2.05) is 35.2 Å². The van der Waals surface area contributed by atoms with Crippen LogP contribution in [0.5, 0.6) is 0 Å². The third-order valence-corrected chi connectivity index (χ3v) is 3.88. The number of carbonyl (C=O) groups excluding carboxylic acids is 1. The monoisotopic (exact) mass is 244 g/mol. The molecule has 1 aromatic carbocycles. The highest BCUT2D eigenvalue weighted by Crippen LogP contribution is 2.21. The van der Waals surface area contributed by atoms with Gasteiger partial charge in [-0.1, -0.05) is 24.3 Å². The Morgan fingerprint density at radius 2 is 2.18 bits per heavy atom. The molecule has 3 rings (SSSR count). The molecule has 17 heavy (non-hydrogen) atoms. The average Bonchev–Trinajstić information content (AvgIpc) is 2.91. The van der Waals surface area contributed by atoms with Crippen LogP contribution in [0.15, 0.2) is 36.5 Å². The Balaban J connectivity index is 2.07. The first-order valence-corrected chi connectivity index (χ1v) is 6.72. The normalized spacial score (nSPS) is 15.4. The predicted octanol–water partition coefficient (Wildman–Crippen LogP) is 2.38. The molecule has 1 aliphatic rings. The number of thioether (sulfide) groups is 1. The molecule has 0 unspecified atom stereocenters. The molecule has 0 bridgehead atoms. The first kappa shape index (κ1) is 10.6. The lowest BCUT2D eigenvalue weighted by Crippen LogP contribution is -2.28. The Labute approximate surface area is 104 Å². The van der Waals surface area contributed by atoms with Gasteiger partial charge in [-0.2, -0.15) is 0 Å². The Bertz CT molecular complexity index is 559. The van der Waals surface area contributed by atoms with Gasteiger partial charge in [-0.15, -0.1) is 11.8 Å². The van der Waals surface area contributed by atoms with Gasteiger partial charge in [0.1, 0.15) is 5.69 Å². The molecule has 1 fully saturated rings. The SMILES string of the molecule is O=C(c1nccc2ccccc12)N1CCSC1. The van der Waals surface area contributed by atoms with E-state index in [0.717, 1.165) is 28.9 Å². The third kappa shape index (κ3) is 1.89. The molecule has 1 amide bonds. The van der Waals surface area contributed by atoms with Gasteiger partial charge in [-0.05, 0) is 11.5 Å². The van der Waals surface area contributed by atoms with E-state index in [2.05, 4.69) is 4.98 Å². The second kappa shape index (κ2) is 4.37. The number of aromatic nitrogens is 1. The van der Waals surface area contributed by atoms with Gasteiger partial charge in [0.15, 0.2) is 0 Å². The van der Waals surface area contributed by atoms with Gasteiger partial charge in [-0.3, -0.25) is 9.78 Å². The van der Waals surface area contributed by atoms with Crippen molar-refractivity contribution >= 4 is 28.4 Å². The highest BCUT2D eigenvalue weighted by Gasteiger charge is 2.22. The third-order valence-electron chi connectivity index (χ3n) is 2.92. The van der Waals surface area contributed by atoms with Crippen molar-refractivity contribution in [1.82, 2.24) is 9.88 Å². The van der Waals surface area contributed by atoms with Crippen molar-refractivity contribution in [3.8, 4) is 0 Å². The maximum absolute atomic E-state index is 12.3. The molecule has 1 aromatic heterocycles. The number of hydrogen-bond donors (Lipinski definition) is 0. The summed E-state index contributed by atoms with van der Waals surface area (Å²) in [7, 11) is 0. The second-order valence-corrected chi connectivity index (χ2v) is 5.06. The Morgan fingerprint density at radius 3 is 3.00 bits per heavy atom. The number of amides is 1. The molecule has 4 heteroatoms. The van der Waals surface area contributed by atoms with E-state index < -0.39 is 0 Å². The summed E-state index contributed by atoms with van der Waals surface area (Å²) >= 11 is 1.79. The van der Waals surface area contributed by atoms with Crippen LogP contribution in [-0.2, 0) is 0 Å². The standard InChI is InChI=1S/C13H12N2OS/c16-13(15-7-8-17-9-15)12-11-4-2-1-3-10(11)5-6-14-12/h1-6H,7-9H2. The van der Waals surface area contributed by atoms with Gasteiger partial charge in [0, 0.05) is 23.9 Å². The average molecular weight is 244 g/mol. The lowest BCUT2D eigenvalue weighted by atomic mass is 10.1. The van der Waals surface area contributed by atoms with Crippen LogP contribution in [0.4, 0.5) is 0 Å². The lowest BCUT2D eigenvalue weighted by Gasteiger charge is -2.14. The van der Waals surface area contributed by atoms with Crippen molar-refractivity contribution in [3.63, 3.8) is 0 Å². The van der Waals surface area contributed by atoms with E-state index in [1.165, 1.54) is 0 Å². The number of nitrogens with zero attached hydrogens (tertiary/aromatic N) is 2. The Hall–Kier alpha value is -1.55. The van der Waals surface area contributed by atoms with Crippen LogP contribution >= 0.6 is 11.8 Å². The maximum atomic E-state index is 12.3. The fourth-order valence-corrected chi connectivity index (χ4v) is 2.96. The van der Waals surface area contributed by atoms with Crippen molar-refractivity contribution in [2.24, 2.45) is 0 Å². The molecule has 0 N–H and O–H groups in total. The fourth-order valence-electron chi connectivity index (χ4n) is 2.01. The number of pyridine rings is 1. The summed E-state index contributed by atoms with van der Waals surface area (Å²) in [5.74, 6) is 1.85. The molecule has 0 atom stereocenters. The fraction of sp³-hybridized carbons (Fsp3) is 0.231. The zero-order valence-corrected chi connectivity index (χ0v) is 10.1. The van der Waals surface area contributed by atoms with Gasteiger partial charge in [0.05, 0.1) is 5.88 Å². The van der Waals surface area contributed by atoms with Gasteiger partial charge < -0.3 is 4.90 Å². The molecule has 0 spiro atoms. The van der Waals surface area contributed by atoms with E-state index in [4.69, 9.17) is 0 Å². The smallest absolute Gasteiger partial charge is 0.273 e. The summed E-state index contributed by atoms with van der Waals surface area (Å²) in [6.07, 6.45) is 1.71. The molecule has 86 valence electrons. The second-order valence-electron chi connectivity index (χ2n) is 3.99. The van der Waals surface area contributed by atoms with E-state index in [1.54, 1.807) is 18.0 Å². The molecule has 1 saturated heterocycles. The first-order chi connectivity index (χ1) is 8.36. The van der Waals surface area contributed by atoms with Gasteiger partial charge >= 0.3 is 0 Å². The zero-order valence-electron chi connectivity index (χ0n) is 9.30. The van der Waals surface area contributed by atoms with Crippen molar-refractivity contribution in [2.75, 3.05) is 18.2 Å². The summed E-state index contributed by atoms with van der Waals surface area (Å²) in [6, 6.07) is 9.82. The number of rotatable bonds is 1. The van der Waals surface area contributed by atoms with Crippen LogP contribution in [0.3, 0.4) is 0 Å². The van der Waals surface area contributed by atoms with Crippen LogP contribution < -0.4 is 0 Å². The quantitative estimate of drug-likeness (QED) is 0.772. The van der Waals surface area contributed by atoms with Crippen molar-refractivity contribution in [3.05, 3.63) is 42.2 Å². The lowest BCUT2D eigenvalue weighted by molar-refractivity contribution is 0.0799. The molecule has 2 heterocycles. The number of benzene rings is 1. The number of carbonyl (C=O) groups is 1.